The zero-order chi connectivity index (χ0) is 14.9. The lowest BCUT2D eigenvalue weighted by atomic mass is 9.77. The van der Waals surface area contributed by atoms with Crippen molar-refractivity contribution in [2.24, 2.45) is 0 Å². The number of nitrogens with one attached hydrogen (secondary N) is 1. The van der Waals surface area contributed by atoms with E-state index in [1.165, 1.54) is 22.5 Å². The first kappa shape index (κ1) is 13.9. The highest BCUT2D eigenvalue weighted by molar-refractivity contribution is 7.13. The Balaban J connectivity index is 1.35. The number of fused-ring (bicyclic) bond motifs is 1. The van der Waals surface area contributed by atoms with Crippen molar-refractivity contribution in [2.75, 3.05) is 13.2 Å². The zero-order valence-electron chi connectivity index (χ0n) is 12.2. The molecule has 1 N–H and O–H groups in total. The maximum absolute atomic E-state index is 12.2. The highest BCUT2D eigenvalue weighted by Crippen LogP contribution is 2.34. The van der Waals surface area contributed by atoms with Crippen molar-refractivity contribution in [2.45, 2.75) is 31.3 Å². The summed E-state index contributed by atoms with van der Waals surface area (Å²) in [5, 5.41) is 3.96. The summed E-state index contributed by atoms with van der Waals surface area (Å²) in [6.07, 6.45) is 4.90. The summed E-state index contributed by atoms with van der Waals surface area (Å²) in [4.78, 5) is 17.3. The van der Waals surface area contributed by atoms with Crippen molar-refractivity contribution in [1.82, 2.24) is 10.3 Å². The van der Waals surface area contributed by atoms with Gasteiger partial charge in [-0.25, -0.2) is 4.98 Å². The number of aromatic nitrogens is 1. The van der Waals surface area contributed by atoms with Gasteiger partial charge in [-0.2, -0.15) is 0 Å². The van der Waals surface area contributed by atoms with Crippen LogP contribution in [0.5, 0.6) is 0 Å². The standard InChI is InChI=1S/C17H18N2O2S/c20-16(15-10-19-17(22-15)14-6-3-7-21-14)18-9-12-8-11-4-1-2-5-13(11)12/h1-2,4-5,10,12,14H,3,6-9H2,(H,18,20). The molecule has 2 atom stereocenters. The summed E-state index contributed by atoms with van der Waals surface area (Å²) in [6, 6.07) is 8.43. The van der Waals surface area contributed by atoms with Gasteiger partial charge in [0.25, 0.3) is 5.91 Å². The van der Waals surface area contributed by atoms with Crippen molar-refractivity contribution in [3.63, 3.8) is 0 Å². The molecule has 1 fully saturated rings. The molecular weight excluding hydrogens is 296 g/mol. The lowest BCUT2D eigenvalue weighted by Crippen LogP contribution is -2.32. The highest BCUT2D eigenvalue weighted by atomic mass is 32.1. The number of hydrogen-bond donors (Lipinski definition) is 1. The lowest BCUT2D eigenvalue weighted by molar-refractivity contribution is 0.0954. The van der Waals surface area contributed by atoms with E-state index in [-0.39, 0.29) is 12.0 Å². The third kappa shape index (κ3) is 2.55. The Hall–Kier alpha value is -1.72. The highest BCUT2D eigenvalue weighted by Gasteiger charge is 2.26. The first-order valence-electron chi connectivity index (χ1n) is 7.74. The smallest absolute Gasteiger partial charge is 0.263 e. The zero-order valence-corrected chi connectivity index (χ0v) is 13.1. The van der Waals surface area contributed by atoms with E-state index in [1.807, 2.05) is 0 Å². The molecule has 1 saturated heterocycles. The molecule has 5 heteroatoms. The van der Waals surface area contributed by atoms with Gasteiger partial charge in [0.15, 0.2) is 0 Å². The third-order valence-corrected chi connectivity index (χ3v) is 5.51. The van der Waals surface area contributed by atoms with Crippen molar-refractivity contribution >= 4 is 17.2 Å². The van der Waals surface area contributed by atoms with Gasteiger partial charge >= 0.3 is 0 Å². The number of rotatable bonds is 4. The SMILES string of the molecule is O=C(NCC1Cc2ccccc21)c1cnc(C2CCCO2)s1. The summed E-state index contributed by atoms with van der Waals surface area (Å²) in [5.41, 5.74) is 2.77. The molecule has 22 heavy (non-hydrogen) atoms. The molecule has 2 heterocycles. The topological polar surface area (TPSA) is 51.2 Å². The predicted octanol–water partition coefficient (Wildman–Crippen LogP) is 3.06. The van der Waals surface area contributed by atoms with Crippen LogP contribution in [0, 0.1) is 0 Å². The van der Waals surface area contributed by atoms with E-state index in [1.54, 1.807) is 6.20 Å². The second-order valence-corrected chi connectivity index (χ2v) is 6.94. The van der Waals surface area contributed by atoms with Crippen LogP contribution in [0.4, 0.5) is 0 Å². The summed E-state index contributed by atoms with van der Waals surface area (Å²) in [6.45, 7) is 1.50. The minimum absolute atomic E-state index is 0.0221. The quantitative estimate of drug-likeness (QED) is 0.943. The summed E-state index contributed by atoms with van der Waals surface area (Å²) >= 11 is 1.45. The summed E-state index contributed by atoms with van der Waals surface area (Å²) < 4.78 is 5.61. The minimum atomic E-state index is -0.0221. The van der Waals surface area contributed by atoms with Gasteiger partial charge in [-0.05, 0) is 30.4 Å². The largest absolute Gasteiger partial charge is 0.371 e. The van der Waals surface area contributed by atoms with Gasteiger partial charge in [-0.1, -0.05) is 24.3 Å². The molecule has 2 aromatic rings. The Morgan fingerprint density at radius 1 is 1.41 bits per heavy atom. The molecule has 1 aliphatic carbocycles. The fourth-order valence-corrected chi connectivity index (χ4v) is 4.08. The van der Waals surface area contributed by atoms with E-state index in [2.05, 4.69) is 34.6 Å². The fourth-order valence-electron chi connectivity index (χ4n) is 3.16. The van der Waals surface area contributed by atoms with E-state index >= 15 is 0 Å². The monoisotopic (exact) mass is 314 g/mol. The van der Waals surface area contributed by atoms with Gasteiger partial charge in [0.1, 0.15) is 16.0 Å². The molecule has 2 aliphatic rings. The molecule has 0 spiro atoms. The number of hydrogen-bond acceptors (Lipinski definition) is 4. The molecule has 1 aliphatic heterocycles. The van der Waals surface area contributed by atoms with E-state index in [9.17, 15) is 4.79 Å². The maximum Gasteiger partial charge on any atom is 0.263 e. The van der Waals surface area contributed by atoms with Crippen LogP contribution in [0.15, 0.2) is 30.5 Å². The van der Waals surface area contributed by atoms with Crippen LogP contribution < -0.4 is 5.32 Å². The average Bonchev–Trinajstić information content (AvgIpc) is 3.19. The van der Waals surface area contributed by atoms with E-state index in [0.29, 0.717) is 17.3 Å². The fraction of sp³-hybridized carbons (Fsp3) is 0.412. The van der Waals surface area contributed by atoms with Gasteiger partial charge in [-0.15, -0.1) is 11.3 Å². The van der Waals surface area contributed by atoms with Crippen LogP contribution in [0.3, 0.4) is 0 Å². The number of carbonyl (C=O) groups is 1. The Morgan fingerprint density at radius 2 is 2.32 bits per heavy atom. The Morgan fingerprint density at radius 3 is 3.14 bits per heavy atom. The van der Waals surface area contributed by atoms with Gasteiger partial charge in [0, 0.05) is 19.1 Å². The Labute approximate surface area is 133 Å². The second-order valence-electron chi connectivity index (χ2n) is 5.87. The van der Waals surface area contributed by atoms with Gasteiger partial charge < -0.3 is 10.1 Å². The molecule has 4 rings (SSSR count). The van der Waals surface area contributed by atoms with Crippen LogP contribution in [-0.2, 0) is 11.2 Å². The van der Waals surface area contributed by atoms with Crippen LogP contribution in [-0.4, -0.2) is 24.0 Å². The first-order valence-corrected chi connectivity index (χ1v) is 8.56. The van der Waals surface area contributed by atoms with Crippen molar-refractivity contribution in [1.29, 1.82) is 0 Å². The molecule has 1 aromatic heterocycles. The number of thiazole rings is 1. The van der Waals surface area contributed by atoms with Crippen LogP contribution >= 0.6 is 11.3 Å². The van der Waals surface area contributed by atoms with Crippen LogP contribution in [0.1, 0.15) is 50.7 Å². The molecule has 0 radical (unpaired) electrons. The third-order valence-electron chi connectivity index (χ3n) is 4.42. The van der Waals surface area contributed by atoms with Crippen molar-refractivity contribution < 1.29 is 9.53 Å². The molecular formula is C17H18N2O2S. The molecule has 1 aromatic carbocycles. The molecule has 114 valence electrons. The summed E-state index contributed by atoms with van der Waals surface area (Å²) in [5.74, 6) is 0.428. The van der Waals surface area contributed by atoms with Gasteiger partial charge in [-0.3, -0.25) is 4.79 Å². The van der Waals surface area contributed by atoms with E-state index in [4.69, 9.17) is 4.74 Å². The van der Waals surface area contributed by atoms with Gasteiger partial charge in [0.2, 0.25) is 0 Å². The average molecular weight is 314 g/mol. The van der Waals surface area contributed by atoms with E-state index in [0.717, 1.165) is 30.9 Å². The van der Waals surface area contributed by atoms with Crippen molar-refractivity contribution in [3.8, 4) is 0 Å². The van der Waals surface area contributed by atoms with Gasteiger partial charge in [0.05, 0.1) is 6.20 Å². The number of amides is 1. The lowest BCUT2D eigenvalue weighted by Gasteiger charge is -2.30. The molecule has 2 unspecified atom stereocenters. The second kappa shape index (κ2) is 5.82. The normalized spacial score (nSPS) is 22.9. The molecule has 0 saturated carbocycles. The molecule has 0 bridgehead atoms. The number of carbonyl (C=O) groups excluding carboxylic acids is 1. The summed E-state index contributed by atoms with van der Waals surface area (Å²) in [7, 11) is 0. The van der Waals surface area contributed by atoms with Crippen LogP contribution in [0.2, 0.25) is 0 Å². The van der Waals surface area contributed by atoms with Crippen molar-refractivity contribution in [3.05, 3.63) is 51.5 Å². The predicted molar refractivity (Wildman–Crippen MR) is 85.3 cm³/mol. The van der Waals surface area contributed by atoms with Crippen LogP contribution in [0.25, 0.3) is 0 Å². The number of benzene rings is 1. The number of ether oxygens (including phenoxy) is 1. The number of nitrogens with zero attached hydrogens (tertiary/aromatic N) is 1. The molecule has 4 nitrogen and oxygen atoms in total. The maximum atomic E-state index is 12.2. The Bertz CT molecular complexity index is 691. The van der Waals surface area contributed by atoms with E-state index < -0.39 is 0 Å². The first-order chi connectivity index (χ1) is 10.8. The molecule has 1 amide bonds. The Kier molecular flexibility index (Phi) is 3.68. The minimum Gasteiger partial charge on any atom is -0.371 e.